The molecule has 1 aliphatic rings. The molecule has 0 saturated carbocycles. The third-order valence-corrected chi connectivity index (χ3v) is 3.56. The molecule has 17 heavy (non-hydrogen) atoms. The number of carbonyl (C=O) groups excluding carboxylic acids is 1. The van der Waals surface area contributed by atoms with E-state index in [1.165, 1.54) is 30.0 Å². The van der Waals surface area contributed by atoms with Crippen LogP contribution in [0.15, 0.2) is 34.2 Å². The van der Waals surface area contributed by atoms with Gasteiger partial charge in [0.15, 0.2) is 0 Å². The minimum Gasteiger partial charge on any atom is -0.335 e. The van der Waals surface area contributed by atoms with Crippen LogP contribution in [0.4, 0.5) is 11.4 Å². The number of carbonyl (C=O) groups is 1. The van der Waals surface area contributed by atoms with Gasteiger partial charge in [-0.25, -0.2) is 0 Å². The van der Waals surface area contributed by atoms with Crippen LogP contribution in [0.25, 0.3) is 0 Å². The lowest BCUT2D eigenvalue weighted by atomic mass is 10.2. The fourth-order valence-electron chi connectivity index (χ4n) is 1.72. The highest BCUT2D eigenvalue weighted by Gasteiger charge is 2.25. The van der Waals surface area contributed by atoms with E-state index in [4.69, 9.17) is 0 Å². The molecule has 0 unspecified atom stereocenters. The van der Waals surface area contributed by atoms with Crippen molar-refractivity contribution in [1.29, 1.82) is 0 Å². The monoisotopic (exact) mass is 250 g/mol. The lowest BCUT2D eigenvalue weighted by Crippen LogP contribution is -2.16. The van der Waals surface area contributed by atoms with Gasteiger partial charge in [0.05, 0.1) is 15.6 Å². The molecule has 0 bridgehead atoms. The molecule has 0 spiro atoms. The highest BCUT2D eigenvalue weighted by Crippen LogP contribution is 2.46. The predicted molar refractivity (Wildman–Crippen MR) is 66.1 cm³/mol. The summed E-state index contributed by atoms with van der Waals surface area (Å²) in [5.41, 5.74) is 0.982. The highest BCUT2D eigenvalue weighted by atomic mass is 32.2. The molecular formula is C11H10N2O3S. The number of nitrogens with zero attached hydrogens (tertiary/aromatic N) is 2. The molecule has 1 heterocycles. The summed E-state index contributed by atoms with van der Waals surface area (Å²) in [5.74, 6) is 0. The number of nitro benzene ring substituents is 1. The minimum absolute atomic E-state index is 0.0691. The Morgan fingerprint density at radius 1 is 1.53 bits per heavy atom. The smallest absolute Gasteiger partial charge is 0.270 e. The average molecular weight is 250 g/mol. The quantitative estimate of drug-likeness (QED) is 0.357. The van der Waals surface area contributed by atoms with Gasteiger partial charge in [0.2, 0.25) is 0 Å². The molecule has 1 aromatic rings. The van der Waals surface area contributed by atoms with E-state index in [2.05, 4.69) is 0 Å². The van der Waals surface area contributed by atoms with Gasteiger partial charge >= 0.3 is 0 Å². The maximum absolute atomic E-state index is 10.7. The van der Waals surface area contributed by atoms with Crippen molar-refractivity contribution in [2.75, 3.05) is 11.4 Å². The first kappa shape index (κ1) is 11.7. The van der Waals surface area contributed by atoms with Crippen LogP contribution in [0, 0.1) is 10.1 Å². The molecule has 0 amide bonds. The van der Waals surface area contributed by atoms with Crippen molar-refractivity contribution in [2.45, 2.75) is 11.8 Å². The van der Waals surface area contributed by atoms with Crippen LogP contribution in [0.1, 0.15) is 6.92 Å². The lowest BCUT2D eigenvalue weighted by molar-refractivity contribution is -0.385. The molecule has 1 aromatic carbocycles. The number of nitro groups is 1. The van der Waals surface area contributed by atoms with Gasteiger partial charge in [-0.2, -0.15) is 0 Å². The van der Waals surface area contributed by atoms with Crippen LogP contribution in [0.2, 0.25) is 0 Å². The van der Waals surface area contributed by atoms with Gasteiger partial charge in [-0.15, -0.1) is 0 Å². The third kappa shape index (κ3) is 2.03. The second-order valence-corrected chi connectivity index (χ2v) is 4.46. The first-order chi connectivity index (χ1) is 8.17. The van der Waals surface area contributed by atoms with Gasteiger partial charge in [-0.1, -0.05) is 11.8 Å². The highest BCUT2D eigenvalue weighted by molar-refractivity contribution is 8.03. The second kappa shape index (κ2) is 4.58. The van der Waals surface area contributed by atoms with Crippen LogP contribution in [-0.4, -0.2) is 17.8 Å². The number of benzene rings is 1. The number of aldehydes is 1. The number of thioether (sulfide) groups is 1. The summed E-state index contributed by atoms with van der Waals surface area (Å²) in [6.07, 6.45) is 2.20. The number of anilines is 1. The van der Waals surface area contributed by atoms with E-state index in [1.807, 2.05) is 11.8 Å². The van der Waals surface area contributed by atoms with E-state index in [0.717, 1.165) is 28.4 Å². The van der Waals surface area contributed by atoms with E-state index < -0.39 is 4.92 Å². The zero-order valence-corrected chi connectivity index (χ0v) is 9.94. The van der Waals surface area contributed by atoms with Crippen LogP contribution >= 0.6 is 11.8 Å². The molecule has 0 fully saturated rings. The third-order valence-electron chi connectivity index (χ3n) is 2.45. The molecule has 1 aliphatic heterocycles. The van der Waals surface area contributed by atoms with Crippen molar-refractivity contribution in [3.05, 3.63) is 39.4 Å². The van der Waals surface area contributed by atoms with E-state index in [1.54, 1.807) is 6.07 Å². The number of hydrogen-bond donors (Lipinski definition) is 0. The van der Waals surface area contributed by atoms with Gasteiger partial charge in [-0.05, 0) is 13.0 Å². The molecule has 6 heteroatoms. The zero-order chi connectivity index (χ0) is 12.4. The van der Waals surface area contributed by atoms with E-state index in [-0.39, 0.29) is 5.69 Å². The Balaban J connectivity index is 2.45. The number of rotatable bonds is 3. The topological polar surface area (TPSA) is 63.5 Å². The van der Waals surface area contributed by atoms with Crippen LogP contribution in [-0.2, 0) is 4.79 Å². The Morgan fingerprint density at radius 3 is 2.88 bits per heavy atom. The lowest BCUT2D eigenvalue weighted by Gasteiger charge is -2.16. The fourth-order valence-corrected chi connectivity index (χ4v) is 2.86. The number of hydrogen-bond acceptors (Lipinski definition) is 5. The van der Waals surface area contributed by atoms with Crippen LogP contribution < -0.4 is 4.90 Å². The molecule has 0 atom stereocenters. The van der Waals surface area contributed by atoms with Crippen LogP contribution in [0.5, 0.6) is 0 Å². The Bertz CT molecular complexity index is 513. The number of fused-ring (bicyclic) bond motifs is 1. The molecule has 2 rings (SSSR count). The molecule has 0 saturated heterocycles. The van der Waals surface area contributed by atoms with E-state index >= 15 is 0 Å². The first-order valence-corrected chi connectivity index (χ1v) is 5.88. The molecule has 0 aromatic heterocycles. The minimum atomic E-state index is -0.418. The maximum atomic E-state index is 10.7. The van der Waals surface area contributed by atoms with Crippen molar-refractivity contribution in [1.82, 2.24) is 0 Å². The molecule has 0 aliphatic carbocycles. The van der Waals surface area contributed by atoms with Crippen molar-refractivity contribution in [2.24, 2.45) is 0 Å². The standard InChI is InChI=1S/C11H10N2O3S/c1-2-12-9-4-3-8(13(15)16)7-10(9)17-11(12)5-6-14/h3-7H,2H2,1H3. The van der Waals surface area contributed by atoms with Crippen molar-refractivity contribution in [3.63, 3.8) is 0 Å². The summed E-state index contributed by atoms with van der Waals surface area (Å²) < 4.78 is 0. The SMILES string of the molecule is CCN1C(=CC=O)Sc2cc([N+](=O)[O-])ccc21. The largest absolute Gasteiger partial charge is 0.335 e. The van der Waals surface area contributed by atoms with Gasteiger partial charge < -0.3 is 4.90 Å². The fraction of sp³-hybridized carbons (Fsp3) is 0.182. The second-order valence-electron chi connectivity index (χ2n) is 3.40. The summed E-state index contributed by atoms with van der Waals surface area (Å²) in [6, 6.07) is 4.73. The molecule has 0 radical (unpaired) electrons. The van der Waals surface area contributed by atoms with Gasteiger partial charge in [0.1, 0.15) is 6.29 Å². The van der Waals surface area contributed by atoms with Crippen LogP contribution in [0.3, 0.4) is 0 Å². The normalized spacial score (nSPS) is 16.1. The van der Waals surface area contributed by atoms with Gasteiger partial charge in [0, 0.05) is 29.6 Å². The van der Waals surface area contributed by atoms with E-state index in [9.17, 15) is 14.9 Å². The summed E-state index contributed by atoms with van der Waals surface area (Å²) >= 11 is 1.38. The number of non-ortho nitro benzene ring substituents is 1. The Labute approximate surface area is 102 Å². The summed E-state index contributed by atoms with van der Waals surface area (Å²) in [6.45, 7) is 2.69. The molecule has 88 valence electrons. The molecule has 5 nitrogen and oxygen atoms in total. The van der Waals surface area contributed by atoms with E-state index in [0.29, 0.717) is 0 Å². The average Bonchev–Trinajstić information content (AvgIpc) is 2.65. The van der Waals surface area contributed by atoms with Gasteiger partial charge in [0.25, 0.3) is 5.69 Å². The summed E-state index contributed by atoms with van der Waals surface area (Å²) in [5, 5.41) is 11.5. The van der Waals surface area contributed by atoms with Crippen molar-refractivity contribution in [3.8, 4) is 0 Å². The summed E-state index contributed by atoms with van der Waals surface area (Å²) in [7, 11) is 0. The maximum Gasteiger partial charge on any atom is 0.270 e. The predicted octanol–water partition coefficient (Wildman–Crippen LogP) is 2.57. The van der Waals surface area contributed by atoms with Gasteiger partial charge in [-0.3, -0.25) is 14.9 Å². The van der Waals surface area contributed by atoms with Crippen molar-refractivity contribution >= 4 is 29.4 Å². The Kier molecular flexibility index (Phi) is 3.14. The first-order valence-electron chi connectivity index (χ1n) is 5.06. The molecular weight excluding hydrogens is 240 g/mol. The van der Waals surface area contributed by atoms with Crippen molar-refractivity contribution < 1.29 is 9.72 Å². The summed E-state index contributed by atoms with van der Waals surface area (Å²) in [4.78, 5) is 23.5. The number of allylic oxidation sites excluding steroid dienone is 1. The zero-order valence-electron chi connectivity index (χ0n) is 9.12. The molecule has 0 N–H and O–H groups in total. The Morgan fingerprint density at radius 2 is 2.29 bits per heavy atom. The Hall–Kier alpha value is -1.82.